The Bertz CT molecular complexity index is 505. The van der Waals surface area contributed by atoms with Gasteiger partial charge in [0.15, 0.2) is 0 Å². The van der Waals surface area contributed by atoms with Crippen molar-refractivity contribution in [1.82, 2.24) is 4.90 Å². The van der Waals surface area contributed by atoms with Gasteiger partial charge < -0.3 is 4.90 Å². The van der Waals surface area contributed by atoms with Crippen molar-refractivity contribution in [2.45, 2.75) is 51.0 Å². The van der Waals surface area contributed by atoms with Crippen LogP contribution in [0.2, 0.25) is 0 Å². The number of hydrogen-bond donors (Lipinski definition) is 0. The van der Waals surface area contributed by atoms with Crippen LogP contribution >= 0.6 is 11.3 Å². The number of rotatable bonds is 1. The number of nitrogens with zero attached hydrogens (tertiary/aromatic N) is 2. The summed E-state index contributed by atoms with van der Waals surface area (Å²) in [6.07, 6.45) is 7.79. The highest BCUT2D eigenvalue weighted by atomic mass is 32.1. The molecule has 3 rings (SSSR count). The fraction of sp³-hybridized carbons (Fsp3) is 0.600. The molecule has 0 N–H and O–H groups in total. The summed E-state index contributed by atoms with van der Waals surface area (Å²) < 4.78 is 0. The highest BCUT2D eigenvalue weighted by Gasteiger charge is 2.30. The van der Waals surface area contributed by atoms with E-state index < -0.39 is 0 Å². The van der Waals surface area contributed by atoms with Gasteiger partial charge in [0.2, 0.25) is 0 Å². The molecule has 1 aromatic rings. The third kappa shape index (κ3) is 2.40. The summed E-state index contributed by atoms with van der Waals surface area (Å²) in [4.78, 5) is 16.5. The molecule has 4 heteroatoms. The van der Waals surface area contributed by atoms with Gasteiger partial charge in [-0.2, -0.15) is 5.26 Å². The van der Waals surface area contributed by atoms with Crippen LogP contribution in [0.3, 0.4) is 0 Å². The van der Waals surface area contributed by atoms with Gasteiger partial charge in [0.1, 0.15) is 6.04 Å². The number of amides is 1. The molecule has 0 radical (unpaired) electrons. The van der Waals surface area contributed by atoms with E-state index in [1.165, 1.54) is 29.7 Å². The lowest BCUT2D eigenvalue weighted by molar-refractivity contribution is 0.0769. The number of likely N-dealkylation sites (tertiary alicyclic amines) is 1. The van der Waals surface area contributed by atoms with Gasteiger partial charge in [-0.05, 0) is 50.2 Å². The second-order valence-corrected chi connectivity index (χ2v) is 6.54. The van der Waals surface area contributed by atoms with Crippen LogP contribution in [0, 0.1) is 11.3 Å². The Morgan fingerprint density at radius 2 is 2.16 bits per heavy atom. The van der Waals surface area contributed by atoms with E-state index in [-0.39, 0.29) is 11.9 Å². The average Bonchev–Trinajstić information content (AvgIpc) is 3.00. The molecular weight excluding hydrogens is 256 g/mol. The van der Waals surface area contributed by atoms with Crippen molar-refractivity contribution in [2.24, 2.45) is 0 Å². The fourth-order valence-electron chi connectivity index (χ4n) is 3.06. The Balaban J connectivity index is 1.83. The Morgan fingerprint density at radius 1 is 1.32 bits per heavy atom. The van der Waals surface area contributed by atoms with Crippen molar-refractivity contribution in [3.63, 3.8) is 0 Å². The zero-order valence-corrected chi connectivity index (χ0v) is 11.8. The van der Waals surface area contributed by atoms with Crippen LogP contribution in [0.4, 0.5) is 0 Å². The van der Waals surface area contributed by atoms with Crippen LogP contribution in [0.15, 0.2) is 6.07 Å². The second kappa shape index (κ2) is 5.34. The van der Waals surface area contributed by atoms with Gasteiger partial charge in [-0.3, -0.25) is 4.79 Å². The monoisotopic (exact) mass is 274 g/mol. The van der Waals surface area contributed by atoms with Crippen molar-refractivity contribution in [1.29, 1.82) is 5.26 Å². The molecule has 3 nitrogen and oxygen atoms in total. The lowest BCUT2D eigenvalue weighted by atomic mass is 10.1. The SMILES string of the molecule is N#CC1CCCN1C(=O)c1cc2c(s1)CCCCC2. The topological polar surface area (TPSA) is 44.1 Å². The first-order valence-corrected chi connectivity index (χ1v) is 7.93. The molecule has 1 fully saturated rings. The van der Waals surface area contributed by atoms with Crippen LogP contribution in [0.5, 0.6) is 0 Å². The van der Waals surface area contributed by atoms with Gasteiger partial charge >= 0.3 is 0 Å². The maximum absolute atomic E-state index is 12.5. The number of hydrogen-bond acceptors (Lipinski definition) is 3. The number of carbonyl (C=O) groups is 1. The molecule has 1 aliphatic heterocycles. The van der Waals surface area contributed by atoms with Crippen molar-refractivity contribution in [2.75, 3.05) is 6.54 Å². The number of thiophene rings is 1. The van der Waals surface area contributed by atoms with E-state index in [2.05, 4.69) is 12.1 Å². The molecule has 0 aromatic carbocycles. The molecule has 0 saturated carbocycles. The summed E-state index contributed by atoms with van der Waals surface area (Å²) in [6.45, 7) is 0.736. The predicted octanol–water partition coefficient (Wildman–Crippen LogP) is 3.15. The predicted molar refractivity (Wildman–Crippen MR) is 75.2 cm³/mol. The van der Waals surface area contributed by atoms with E-state index in [1.54, 1.807) is 16.2 Å². The third-order valence-corrected chi connectivity index (χ3v) is 5.35. The summed E-state index contributed by atoms with van der Waals surface area (Å²) in [5.74, 6) is 0.0714. The van der Waals surface area contributed by atoms with Gasteiger partial charge in [-0.1, -0.05) is 6.42 Å². The van der Waals surface area contributed by atoms with Gasteiger partial charge in [0.05, 0.1) is 10.9 Å². The molecule has 1 aromatic heterocycles. The molecule has 1 unspecified atom stereocenters. The lowest BCUT2D eigenvalue weighted by Crippen LogP contribution is -2.34. The van der Waals surface area contributed by atoms with Crippen LogP contribution in [0.25, 0.3) is 0 Å². The van der Waals surface area contributed by atoms with Gasteiger partial charge in [-0.25, -0.2) is 0 Å². The summed E-state index contributed by atoms with van der Waals surface area (Å²) >= 11 is 1.66. The van der Waals surface area contributed by atoms with Crippen molar-refractivity contribution < 1.29 is 4.79 Å². The minimum atomic E-state index is -0.214. The van der Waals surface area contributed by atoms with E-state index in [9.17, 15) is 4.79 Å². The fourth-order valence-corrected chi connectivity index (χ4v) is 4.27. The van der Waals surface area contributed by atoms with E-state index in [1.807, 2.05) is 0 Å². The molecule has 2 aliphatic rings. The van der Waals surface area contributed by atoms with Gasteiger partial charge in [0.25, 0.3) is 5.91 Å². The van der Waals surface area contributed by atoms with E-state index in [0.29, 0.717) is 0 Å². The molecule has 0 bridgehead atoms. The third-order valence-electron chi connectivity index (χ3n) is 4.12. The van der Waals surface area contributed by atoms with Crippen molar-refractivity contribution in [3.05, 3.63) is 21.4 Å². The standard InChI is InChI=1S/C15H18N2OS/c16-10-12-6-4-8-17(12)15(18)14-9-11-5-2-1-3-7-13(11)19-14/h9,12H,1-8H2. The highest BCUT2D eigenvalue weighted by molar-refractivity contribution is 7.14. The molecule has 100 valence electrons. The Morgan fingerprint density at radius 3 is 3.00 bits per heavy atom. The van der Waals surface area contributed by atoms with E-state index >= 15 is 0 Å². The van der Waals surface area contributed by atoms with Crippen molar-refractivity contribution >= 4 is 17.2 Å². The number of aryl methyl sites for hydroxylation is 2. The molecule has 1 aliphatic carbocycles. The smallest absolute Gasteiger partial charge is 0.265 e. The van der Waals surface area contributed by atoms with Crippen LogP contribution < -0.4 is 0 Å². The first-order valence-electron chi connectivity index (χ1n) is 7.12. The van der Waals surface area contributed by atoms with Gasteiger partial charge in [0, 0.05) is 11.4 Å². The molecule has 19 heavy (non-hydrogen) atoms. The second-order valence-electron chi connectivity index (χ2n) is 5.41. The number of carbonyl (C=O) groups excluding carboxylic acids is 1. The first-order chi connectivity index (χ1) is 9.29. The highest BCUT2D eigenvalue weighted by Crippen LogP contribution is 2.31. The minimum Gasteiger partial charge on any atom is -0.322 e. The Hall–Kier alpha value is -1.34. The maximum Gasteiger partial charge on any atom is 0.265 e. The number of fused-ring (bicyclic) bond motifs is 1. The Kier molecular flexibility index (Phi) is 3.56. The largest absolute Gasteiger partial charge is 0.322 e. The summed E-state index contributed by atoms with van der Waals surface area (Å²) in [5.41, 5.74) is 1.37. The molecule has 2 heterocycles. The van der Waals surface area contributed by atoms with E-state index in [0.717, 1.165) is 37.1 Å². The number of nitriles is 1. The maximum atomic E-state index is 12.5. The Labute approximate surface area is 117 Å². The summed E-state index contributed by atoms with van der Waals surface area (Å²) in [5, 5.41) is 9.09. The van der Waals surface area contributed by atoms with Crippen LogP contribution in [0.1, 0.15) is 52.2 Å². The molecule has 0 spiro atoms. The van der Waals surface area contributed by atoms with Crippen molar-refractivity contribution in [3.8, 4) is 6.07 Å². The molecule has 1 saturated heterocycles. The summed E-state index contributed by atoms with van der Waals surface area (Å²) in [6, 6.07) is 4.12. The lowest BCUT2D eigenvalue weighted by Gasteiger charge is -2.18. The quantitative estimate of drug-likeness (QED) is 0.738. The first kappa shape index (κ1) is 12.7. The zero-order chi connectivity index (χ0) is 13.2. The van der Waals surface area contributed by atoms with Crippen LogP contribution in [-0.4, -0.2) is 23.4 Å². The summed E-state index contributed by atoms with van der Waals surface area (Å²) in [7, 11) is 0. The van der Waals surface area contributed by atoms with E-state index in [4.69, 9.17) is 5.26 Å². The molecule has 1 amide bonds. The molecule has 1 atom stereocenters. The van der Waals surface area contributed by atoms with Crippen LogP contribution in [-0.2, 0) is 12.8 Å². The average molecular weight is 274 g/mol. The zero-order valence-electron chi connectivity index (χ0n) is 11.0. The van der Waals surface area contributed by atoms with Gasteiger partial charge in [-0.15, -0.1) is 11.3 Å². The minimum absolute atomic E-state index is 0.0714. The molecular formula is C15H18N2OS. The normalized spacial score (nSPS) is 22.7.